The van der Waals surface area contributed by atoms with Crippen molar-refractivity contribution in [3.8, 4) is 11.5 Å². The predicted molar refractivity (Wildman–Crippen MR) is 70.2 cm³/mol. The fraction of sp³-hybridized carbons (Fsp3) is 0.467. The monoisotopic (exact) mass is 276 g/mol. The molecule has 1 aromatic rings. The molecular weight excluding hydrogens is 260 g/mol. The van der Waals surface area contributed by atoms with Crippen molar-refractivity contribution in [2.75, 3.05) is 13.2 Å². The second-order valence-corrected chi connectivity index (χ2v) is 5.27. The molecule has 0 radical (unpaired) electrons. The molecule has 1 fully saturated rings. The van der Waals surface area contributed by atoms with Crippen molar-refractivity contribution in [1.82, 2.24) is 0 Å². The van der Waals surface area contributed by atoms with Crippen LogP contribution in [0.4, 0.5) is 0 Å². The first kappa shape index (κ1) is 13.0. The lowest BCUT2D eigenvalue weighted by Gasteiger charge is -2.19. The molecule has 20 heavy (non-hydrogen) atoms. The quantitative estimate of drug-likeness (QED) is 0.856. The number of carboxylic acids is 1. The van der Waals surface area contributed by atoms with Crippen molar-refractivity contribution in [1.29, 1.82) is 0 Å². The van der Waals surface area contributed by atoms with Gasteiger partial charge in [-0.05, 0) is 37.5 Å². The summed E-state index contributed by atoms with van der Waals surface area (Å²) in [6, 6.07) is 5.17. The van der Waals surface area contributed by atoms with E-state index in [-0.39, 0.29) is 17.6 Å². The van der Waals surface area contributed by atoms with Crippen LogP contribution in [0.2, 0.25) is 0 Å². The molecule has 3 rings (SSSR count). The van der Waals surface area contributed by atoms with Gasteiger partial charge in [0, 0.05) is 11.5 Å². The van der Waals surface area contributed by atoms with Crippen LogP contribution in [-0.2, 0) is 4.79 Å². The lowest BCUT2D eigenvalue weighted by atomic mass is 9.95. The van der Waals surface area contributed by atoms with Gasteiger partial charge in [0.2, 0.25) is 0 Å². The van der Waals surface area contributed by atoms with Crippen LogP contribution in [0, 0.1) is 11.8 Å². The van der Waals surface area contributed by atoms with Crippen molar-refractivity contribution >= 4 is 11.8 Å². The number of hydrogen-bond acceptors (Lipinski definition) is 4. The molecule has 2 atom stereocenters. The Morgan fingerprint density at radius 3 is 2.45 bits per heavy atom. The molecule has 1 aliphatic heterocycles. The molecule has 0 spiro atoms. The van der Waals surface area contributed by atoms with Crippen LogP contribution in [0.3, 0.4) is 0 Å². The number of carbonyl (C=O) groups excluding carboxylic acids is 1. The van der Waals surface area contributed by atoms with E-state index >= 15 is 0 Å². The fourth-order valence-electron chi connectivity index (χ4n) is 2.88. The smallest absolute Gasteiger partial charge is 0.306 e. The molecule has 1 aromatic carbocycles. The molecule has 1 N–H and O–H groups in total. The van der Waals surface area contributed by atoms with Gasteiger partial charge in [-0.3, -0.25) is 9.59 Å². The third kappa shape index (κ3) is 2.35. The zero-order valence-corrected chi connectivity index (χ0v) is 11.0. The second-order valence-electron chi connectivity index (χ2n) is 5.27. The molecule has 0 amide bonds. The molecule has 2 unspecified atom stereocenters. The Kier molecular flexibility index (Phi) is 3.34. The number of benzene rings is 1. The van der Waals surface area contributed by atoms with Gasteiger partial charge in [-0.1, -0.05) is 0 Å². The van der Waals surface area contributed by atoms with Crippen molar-refractivity contribution in [2.24, 2.45) is 11.8 Å². The van der Waals surface area contributed by atoms with Crippen LogP contribution < -0.4 is 9.47 Å². The summed E-state index contributed by atoms with van der Waals surface area (Å²) in [4.78, 5) is 23.4. The summed E-state index contributed by atoms with van der Waals surface area (Å²) in [5, 5.41) is 8.99. The molecule has 0 aromatic heterocycles. The molecular formula is C15H16O5. The summed E-state index contributed by atoms with van der Waals surface area (Å²) in [6.07, 6.45) is 1.66. The van der Waals surface area contributed by atoms with Crippen molar-refractivity contribution < 1.29 is 24.2 Å². The van der Waals surface area contributed by atoms with E-state index in [4.69, 9.17) is 14.6 Å². The molecule has 2 aliphatic rings. The summed E-state index contributed by atoms with van der Waals surface area (Å²) >= 11 is 0. The third-order valence-electron chi connectivity index (χ3n) is 3.98. The van der Waals surface area contributed by atoms with E-state index in [2.05, 4.69) is 0 Å². The first-order chi connectivity index (χ1) is 9.65. The first-order valence-electron chi connectivity index (χ1n) is 6.82. The zero-order chi connectivity index (χ0) is 14.1. The number of hydrogen-bond donors (Lipinski definition) is 1. The van der Waals surface area contributed by atoms with Crippen molar-refractivity contribution in [3.05, 3.63) is 23.8 Å². The number of carbonyl (C=O) groups is 2. The number of rotatable bonds is 3. The number of ether oxygens (including phenoxy) is 2. The maximum atomic E-state index is 12.4. The first-order valence-corrected chi connectivity index (χ1v) is 6.82. The normalized spacial score (nSPS) is 24.4. The Balaban J connectivity index is 1.76. The second kappa shape index (κ2) is 5.15. The number of ketones is 1. The summed E-state index contributed by atoms with van der Waals surface area (Å²) in [6.45, 7) is 0.998. The minimum Gasteiger partial charge on any atom is -0.486 e. The SMILES string of the molecule is O=C(O)C1CCC(C(=O)c2ccc3c(c2)OCCO3)C1. The summed E-state index contributed by atoms with van der Waals surface area (Å²) in [7, 11) is 0. The number of Topliss-reactive ketones (excluding diaryl/α,β-unsaturated/α-hetero) is 1. The Labute approximate surface area is 116 Å². The highest BCUT2D eigenvalue weighted by molar-refractivity contribution is 5.99. The average Bonchev–Trinajstić information content (AvgIpc) is 2.96. The van der Waals surface area contributed by atoms with Crippen molar-refractivity contribution in [2.45, 2.75) is 19.3 Å². The molecule has 5 nitrogen and oxygen atoms in total. The molecule has 0 bridgehead atoms. The van der Waals surface area contributed by atoms with E-state index in [0.29, 0.717) is 49.5 Å². The minimum absolute atomic E-state index is 0.00530. The van der Waals surface area contributed by atoms with Crippen LogP contribution in [-0.4, -0.2) is 30.1 Å². The Hall–Kier alpha value is -2.04. The Bertz CT molecular complexity index is 551. The van der Waals surface area contributed by atoms with Crippen LogP contribution >= 0.6 is 0 Å². The number of carboxylic acid groups (broad SMARTS) is 1. The van der Waals surface area contributed by atoms with Gasteiger partial charge < -0.3 is 14.6 Å². The van der Waals surface area contributed by atoms with E-state index in [1.807, 2.05) is 0 Å². The van der Waals surface area contributed by atoms with E-state index in [9.17, 15) is 9.59 Å². The lowest BCUT2D eigenvalue weighted by Crippen LogP contribution is -2.17. The fourth-order valence-corrected chi connectivity index (χ4v) is 2.88. The molecule has 1 saturated carbocycles. The maximum absolute atomic E-state index is 12.4. The summed E-state index contributed by atoms with van der Waals surface area (Å²) in [5.41, 5.74) is 0.574. The van der Waals surface area contributed by atoms with Crippen LogP contribution in [0.25, 0.3) is 0 Å². The highest BCUT2D eigenvalue weighted by Gasteiger charge is 2.34. The van der Waals surface area contributed by atoms with E-state index in [1.54, 1.807) is 18.2 Å². The summed E-state index contributed by atoms with van der Waals surface area (Å²) in [5.74, 6) is -0.134. The number of aliphatic carboxylic acids is 1. The molecule has 106 valence electrons. The third-order valence-corrected chi connectivity index (χ3v) is 3.98. The number of fused-ring (bicyclic) bond motifs is 1. The largest absolute Gasteiger partial charge is 0.486 e. The standard InChI is InChI=1S/C15H16O5/c16-14(9-1-2-11(7-9)15(17)18)10-3-4-12-13(8-10)20-6-5-19-12/h3-4,8-9,11H,1-2,5-7H2,(H,17,18). The van der Waals surface area contributed by atoms with E-state index < -0.39 is 5.97 Å². The van der Waals surface area contributed by atoms with Gasteiger partial charge in [-0.2, -0.15) is 0 Å². The minimum atomic E-state index is -0.803. The van der Waals surface area contributed by atoms with Crippen LogP contribution in [0.1, 0.15) is 29.6 Å². The molecule has 0 saturated heterocycles. The Morgan fingerprint density at radius 2 is 1.75 bits per heavy atom. The van der Waals surface area contributed by atoms with Gasteiger partial charge in [0.25, 0.3) is 0 Å². The van der Waals surface area contributed by atoms with Gasteiger partial charge in [0.05, 0.1) is 5.92 Å². The maximum Gasteiger partial charge on any atom is 0.306 e. The lowest BCUT2D eigenvalue weighted by molar-refractivity contribution is -0.141. The van der Waals surface area contributed by atoms with E-state index in [1.165, 1.54) is 0 Å². The van der Waals surface area contributed by atoms with Gasteiger partial charge in [0.15, 0.2) is 17.3 Å². The molecule has 1 heterocycles. The average molecular weight is 276 g/mol. The summed E-state index contributed by atoms with van der Waals surface area (Å²) < 4.78 is 10.9. The van der Waals surface area contributed by atoms with Crippen LogP contribution in [0.15, 0.2) is 18.2 Å². The Morgan fingerprint density at radius 1 is 1.05 bits per heavy atom. The van der Waals surface area contributed by atoms with Crippen LogP contribution in [0.5, 0.6) is 11.5 Å². The highest BCUT2D eigenvalue weighted by atomic mass is 16.6. The predicted octanol–water partition coefficient (Wildman–Crippen LogP) is 2.14. The van der Waals surface area contributed by atoms with Crippen molar-refractivity contribution in [3.63, 3.8) is 0 Å². The van der Waals surface area contributed by atoms with Gasteiger partial charge in [0.1, 0.15) is 13.2 Å². The highest BCUT2D eigenvalue weighted by Crippen LogP contribution is 2.36. The topological polar surface area (TPSA) is 72.8 Å². The van der Waals surface area contributed by atoms with E-state index in [0.717, 1.165) is 0 Å². The molecule has 5 heteroatoms. The van der Waals surface area contributed by atoms with Gasteiger partial charge in [-0.25, -0.2) is 0 Å². The zero-order valence-electron chi connectivity index (χ0n) is 11.0. The van der Waals surface area contributed by atoms with Gasteiger partial charge in [-0.15, -0.1) is 0 Å². The van der Waals surface area contributed by atoms with Gasteiger partial charge >= 0.3 is 5.97 Å². The molecule has 1 aliphatic carbocycles.